The number of aliphatic carboxylic acids is 1. The normalized spacial score (nSPS) is 45.1. The third kappa shape index (κ3) is 4.26. The molecule has 5 rings (SSSR count). The quantitative estimate of drug-likeness (QED) is 0.202. The van der Waals surface area contributed by atoms with Gasteiger partial charge in [-0.2, -0.15) is 0 Å². The van der Waals surface area contributed by atoms with Crippen LogP contribution in [0.2, 0.25) is 0 Å². The van der Waals surface area contributed by atoms with Gasteiger partial charge in [-0.1, -0.05) is 79.9 Å². The van der Waals surface area contributed by atoms with Gasteiger partial charge in [-0.25, -0.2) is 0 Å². The smallest absolute Gasteiger partial charge is 0.310 e. The average molecular weight is 555 g/mol. The number of unbranched alkanes of at least 4 members (excludes halogenated alkanes) is 2. The van der Waals surface area contributed by atoms with Crippen LogP contribution >= 0.6 is 0 Å². The largest absolute Gasteiger partial charge is 0.481 e. The number of carbonyl (C=O) groups excluding carboxylic acids is 1. The molecule has 0 amide bonds. The Morgan fingerprint density at radius 3 is 2.27 bits per heavy atom. The molecule has 0 heterocycles. The summed E-state index contributed by atoms with van der Waals surface area (Å²) in [6, 6.07) is 0. The molecule has 0 aliphatic heterocycles. The highest BCUT2D eigenvalue weighted by Gasteiger charge is 2.69. The molecule has 0 aromatic rings. The van der Waals surface area contributed by atoms with E-state index in [4.69, 9.17) is 4.74 Å². The minimum atomic E-state index is -0.577. The van der Waals surface area contributed by atoms with Crippen molar-refractivity contribution in [2.45, 2.75) is 151 Å². The van der Waals surface area contributed by atoms with Crippen molar-refractivity contribution >= 4 is 11.9 Å². The minimum absolute atomic E-state index is 0.00433. The van der Waals surface area contributed by atoms with Crippen molar-refractivity contribution in [1.29, 1.82) is 0 Å². The van der Waals surface area contributed by atoms with Crippen molar-refractivity contribution in [1.82, 2.24) is 0 Å². The molecular formula is C36H58O4. The van der Waals surface area contributed by atoms with E-state index in [2.05, 4.69) is 61.5 Å². The van der Waals surface area contributed by atoms with Gasteiger partial charge in [-0.15, -0.1) is 0 Å². The van der Waals surface area contributed by atoms with Crippen molar-refractivity contribution < 1.29 is 19.4 Å². The summed E-state index contributed by atoms with van der Waals surface area (Å²) in [5.41, 5.74) is 1.48. The standard InChI is InChI=1S/C36H58O4/c1-9-10-11-12-29(37)40-28-16-17-33(6)26(32(28,4)5)15-18-35(8)27(33)14-13-24-25-23-31(2,3)19-21-36(25,30(38)39)22-20-34(24,35)7/h13,25-28H,9-12,14-23H2,1-8H3,(H,38,39)/t25?,26?,27?,28-,33-,34+,35+,36-/m0/s1. The third-order valence-electron chi connectivity index (χ3n) is 14.3. The molecule has 5 aliphatic rings. The Morgan fingerprint density at radius 1 is 0.900 bits per heavy atom. The van der Waals surface area contributed by atoms with E-state index < -0.39 is 11.4 Å². The van der Waals surface area contributed by atoms with Gasteiger partial charge in [0.2, 0.25) is 0 Å². The molecule has 4 saturated carbocycles. The van der Waals surface area contributed by atoms with Gasteiger partial charge in [-0.05, 0) is 110 Å². The maximum Gasteiger partial charge on any atom is 0.310 e. The Kier molecular flexibility index (Phi) is 7.44. The number of rotatable bonds is 6. The molecular weight excluding hydrogens is 496 g/mol. The van der Waals surface area contributed by atoms with E-state index in [1.807, 2.05) is 0 Å². The predicted octanol–water partition coefficient (Wildman–Crippen LogP) is 9.36. The summed E-state index contributed by atoms with van der Waals surface area (Å²) >= 11 is 0. The lowest BCUT2D eigenvalue weighted by Gasteiger charge is -2.71. The zero-order valence-corrected chi connectivity index (χ0v) is 27.0. The molecule has 4 nitrogen and oxygen atoms in total. The van der Waals surface area contributed by atoms with Gasteiger partial charge in [0.1, 0.15) is 6.10 Å². The summed E-state index contributed by atoms with van der Waals surface area (Å²) < 4.78 is 6.22. The summed E-state index contributed by atoms with van der Waals surface area (Å²) in [6.07, 6.45) is 16.4. The van der Waals surface area contributed by atoms with Gasteiger partial charge in [0.15, 0.2) is 0 Å². The molecule has 226 valence electrons. The monoisotopic (exact) mass is 554 g/mol. The van der Waals surface area contributed by atoms with Gasteiger partial charge in [-0.3, -0.25) is 9.59 Å². The van der Waals surface area contributed by atoms with E-state index in [1.165, 1.54) is 18.4 Å². The minimum Gasteiger partial charge on any atom is -0.481 e. The zero-order valence-electron chi connectivity index (χ0n) is 27.0. The predicted molar refractivity (Wildman–Crippen MR) is 161 cm³/mol. The first kappa shape index (κ1) is 30.1. The van der Waals surface area contributed by atoms with Crippen molar-refractivity contribution in [2.24, 2.45) is 50.2 Å². The average Bonchev–Trinajstić information content (AvgIpc) is 2.86. The van der Waals surface area contributed by atoms with E-state index in [9.17, 15) is 14.7 Å². The number of allylic oxidation sites excluding steroid dienone is 2. The molecule has 0 saturated heterocycles. The lowest BCUT2D eigenvalue weighted by Crippen LogP contribution is -2.65. The van der Waals surface area contributed by atoms with Crippen LogP contribution in [0.5, 0.6) is 0 Å². The number of hydrogen-bond donors (Lipinski definition) is 1. The number of carboxylic acid groups (broad SMARTS) is 1. The summed E-state index contributed by atoms with van der Waals surface area (Å²) in [4.78, 5) is 25.6. The fourth-order valence-corrected chi connectivity index (χ4v) is 11.6. The van der Waals surface area contributed by atoms with Crippen molar-refractivity contribution in [3.8, 4) is 0 Å². The number of ether oxygens (including phenoxy) is 1. The SMILES string of the molecule is CCCCCC(=O)O[C@H]1CC[C@@]2(C)C(CC[C@]3(C)C2CC=C2C4CC(C)(C)CC[C@]4(C(=O)O)CC[C@]23C)C1(C)C. The Morgan fingerprint density at radius 2 is 1.60 bits per heavy atom. The molecule has 0 spiro atoms. The molecule has 0 aromatic carbocycles. The first-order valence-electron chi connectivity index (χ1n) is 16.7. The molecule has 5 aliphatic carbocycles. The third-order valence-corrected chi connectivity index (χ3v) is 14.3. The lowest BCUT2D eigenvalue weighted by atomic mass is 9.33. The number of hydrogen-bond acceptors (Lipinski definition) is 3. The first-order valence-corrected chi connectivity index (χ1v) is 16.7. The second-order valence-electron chi connectivity index (χ2n) is 17.0. The van der Waals surface area contributed by atoms with Crippen LogP contribution < -0.4 is 0 Å². The van der Waals surface area contributed by atoms with Gasteiger partial charge in [0, 0.05) is 11.8 Å². The van der Waals surface area contributed by atoms with Crippen molar-refractivity contribution in [2.75, 3.05) is 0 Å². The Labute approximate surface area is 244 Å². The molecule has 0 bridgehead atoms. The topological polar surface area (TPSA) is 63.6 Å². The van der Waals surface area contributed by atoms with Crippen LogP contribution in [-0.2, 0) is 14.3 Å². The summed E-state index contributed by atoms with van der Waals surface area (Å²) in [7, 11) is 0. The maximum atomic E-state index is 12.9. The molecule has 4 fully saturated rings. The van der Waals surface area contributed by atoms with Crippen LogP contribution in [0.4, 0.5) is 0 Å². The van der Waals surface area contributed by atoms with Crippen LogP contribution in [-0.4, -0.2) is 23.1 Å². The maximum absolute atomic E-state index is 12.9. The van der Waals surface area contributed by atoms with Crippen LogP contribution in [0.3, 0.4) is 0 Å². The van der Waals surface area contributed by atoms with Crippen LogP contribution in [0.15, 0.2) is 11.6 Å². The highest BCUT2D eigenvalue weighted by Crippen LogP contribution is 2.75. The van der Waals surface area contributed by atoms with Gasteiger partial charge >= 0.3 is 11.9 Å². The molecule has 4 heteroatoms. The Hall–Kier alpha value is -1.32. The molecule has 0 aromatic heterocycles. The van der Waals surface area contributed by atoms with Crippen molar-refractivity contribution in [3.05, 3.63) is 11.6 Å². The number of carboxylic acids is 1. The molecule has 3 unspecified atom stereocenters. The fourth-order valence-electron chi connectivity index (χ4n) is 11.6. The molecule has 40 heavy (non-hydrogen) atoms. The van der Waals surface area contributed by atoms with E-state index in [1.54, 1.807) is 0 Å². The first-order chi connectivity index (χ1) is 18.6. The van der Waals surface area contributed by atoms with Crippen molar-refractivity contribution in [3.63, 3.8) is 0 Å². The van der Waals surface area contributed by atoms with Gasteiger partial charge < -0.3 is 9.84 Å². The fraction of sp³-hybridized carbons (Fsp3) is 0.889. The summed E-state index contributed by atoms with van der Waals surface area (Å²) in [5.74, 6) is 0.697. The van der Waals surface area contributed by atoms with E-state index >= 15 is 0 Å². The van der Waals surface area contributed by atoms with Crippen LogP contribution in [0.1, 0.15) is 145 Å². The van der Waals surface area contributed by atoms with Gasteiger partial charge in [0.25, 0.3) is 0 Å². The second-order valence-corrected chi connectivity index (χ2v) is 17.0. The van der Waals surface area contributed by atoms with Crippen LogP contribution in [0.25, 0.3) is 0 Å². The molecule has 0 radical (unpaired) electrons. The van der Waals surface area contributed by atoms with E-state index in [0.29, 0.717) is 18.3 Å². The van der Waals surface area contributed by atoms with Gasteiger partial charge in [0.05, 0.1) is 5.41 Å². The Bertz CT molecular complexity index is 1060. The summed E-state index contributed by atoms with van der Waals surface area (Å²) in [5, 5.41) is 10.6. The van der Waals surface area contributed by atoms with E-state index in [0.717, 1.165) is 70.6 Å². The number of carbonyl (C=O) groups is 2. The van der Waals surface area contributed by atoms with Crippen LogP contribution in [0, 0.1) is 50.2 Å². The zero-order chi connectivity index (χ0) is 29.4. The number of esters is 1. The molecule has 1 N–H and O–H groups in total. The lowest BCUT2D eigenvalue weighted by molar-refractivity contribution is -0.214. The second kappa shape index (κ2) is 9.87. The molecule has 8 atom stereocenters. The highest BCUT2D eigenvalue weighted by atomic mass is 16.5. The number of fused-ring (bicyclic) bond motifs is 7. The summed E-state index contributed by atoms with van der Waals surface area (Å²) in [6.45, 7) is 19.3. The highest BCUT2D eigenvalue weighted by molar-refractivity contribution is 5.76. The van der Waals surface area contributed by atoms with E-state index in [-0.39, 0.29) is 45.1 Å². The Balaban J connectivity index is 1.45.